The maximum absolute atomic E-state index is 3.42. The molecule has 0 saturated heterocycles. The van der Waals surface area contributed by atoms with Crippen LogP contribution in [-0.2, 0) is 26.2 Å². The topological polar surface area (TPSA) is 0 Å². The van der Waals surface area contributed by atoms with Crippen LogP contribution in [0, 0.1) is 11.5 Å². The van der Waals surface area contributed by atoms with Gasteiger partial charge in [-0.2, -0.15) is 6.08 Å². The molecule has 0 aromatic rings. The molecular formula is C11H21Br3PZr-. The molecule has 0 N–H and O–H groups in total. The van der Waals surface area contributed by atoms with Crippen molar-refractivity contribution in [1.82, 2.24) is 0 Å². The molecule has 0 fully saturated rings. The number of rotatable bonds is 3. The predicted molar refractivity (Wildman–Crippen MR) is 88.9 cm³/mol. The Morgan fingerprint density at radius 2 is 1.75 bits per heavy atom. The van der Waals surface area contributed by atoms with Gasteiger partial charge < -0.3 is 0 Å². The summed E-state index contributed by atoms with van der Waals surface area (Å²) >= 11 is 0. The van der Waals surface area contributed by atoms with Crippen LogP contribution in [0.2, 0.25) is 0 Å². The van der Waals surface area contributed by atoms with E-state index in [1.807, 2.05) is 0 Å². The summed E-state index contributed by atoms with van der Waals surface area (Å²) in [5.41, 5.74) is 1.76. The van der Waals surface area contributed by atoms with Crippen LogP contribution >= 0.6 is 58.9 Å². The normalized spacial score (nSPS) is 12.9. The molecule has 96 valence electrons. The van der Waals surface area contributed by atoms with Crippen LogP contribution in [0.5, 0.6) is 0 Å². The minimum atomic E-state index is 0. The Morgan fingerprint density at radius 3 is 2.06 bits per heavy atom. The number of halogens is 3. The van der Waals surface area contributed by atoms with Crippen molar-refractivity contribution in [2.24, 2.45) is 5.41 Å². The molecule has 0 aromatic carbocycles. The quantitative estimate of drug-likeness (QED) is 0.360. The van der Waals surface area contributed by atoms with Crippen LogP contribution in [0.4, 0.5) is 0 Å². The molecule has 0 aromatic heterocycles. The zero-order chi connectivity index (χ0) is 9.19. The van der Waals surface area contributed by atoms with Crippen molar-refractivity contribution in [2.45, 2.75) is 20.3 Å². The molecule has 0 unspecified atom stereocenters. The van der Waals surface area contributed by atoms with E-state index in [2.05, 4.69) is 45.4 Å². The molecule has 1 rings (SSSR count). The smallest absolute Gasteiger partial charge is 0 e. The third-order valence-corrected chi connectivity index (χ3v) is 3.56. The van der Waals surface area contributed by atoms with Gasteiger partial charge in [0.15, 0.2) is 0 Å². The first-order valence-corrected chi connectivity index (χ1v) is 6.87. The summed E-state index contributed by atoms with van der Waals surface area (Å²) < 4.78 is 0. The molecule has 0 spiro atoms. The molecule has 16 heavy (non-hydrogen) atoms. The van der Waals surface area contributed by atoms with E-state index in [0.29, 0.717) is 5.41 Å². The van der Waals surface area contributed by atoms with Gasteiger partial charge in [0, 0.05) is 26.2 Å². The van der Waals surface area contributed by atoms with Crippen molar-refractivity contribution in [3.8, 4) is 0 Å². The average Bonchev–Trinajstić information content (AvgIpc) is 2.32. The van der Waals surface area contributed by atoms with E-state index in [1.54, 1.807) is 0 Å². The van der Waals surface area contributed by atoms with Gasteiger partial charge in [-0.25, -0.2) is 11.6 Å². The fourth-order valence-electron chi connectivity index (χ4n) is 1.75. The first kappa shape index (κ1) is 26.7. The Hall–Kier alpha value is 2.23. The number of allylic oxidation sites excluding steroid dienone is 4. The van der Waals surface area contributed by atoms with Crippen molar-refractivity contribution < 1.29 is 26.2 Å². The summed E-state index contributed by atoms with van der Waals surface area (Å²) in [5.74, 6) is 0. The zero-order valence-electron chi connectivity index (χ0n) is 10.2. The monoisotopic (exact) mass is 511 g/mol. The Bertz CT molecular complexity index is 225. The van der Waals surface area contributed by atoms with Crippen LogP contribution in [-0.4, -0.2) is 19.5 Å². The zero-order valence-corrected chi connectivity index (χ0v) is 18.7. The van der Waals surface area contributed by atoms with Crippen LogP contribution in [0.15, 0.2) is 17.7 Å². The predicted octanol–water partition coefficient (Wildman–Crippen LogP) is 5.17. The maximum Gasteiger partial charge on any atom is 0 e. The van der Waals surface area contributed by atoms with Gasteiger partial charge in [0.1, 0.15) is 0 Å². The van der Waals surface area contributed by atoms with Gasteiger partial charge in [-0.05, 0) is 24.9 Å². The molecule has 0 nitrogen and oxygen atoms in total. The molecule has 0 atom stereocenters. The summed E-state index contributed by atoms with van der Waals surface area (Å²) in [6.45, 7) is 9.34. The first-order chi connectivity index (χ1) is 5.52. The molecule has 1 aliphatic rings. The molecule has 0 amide bonds. The van der Waals surface area contributed by atoms with Crippen molar-refractivity contribution in [3.05, 3.63) is 23.8 Å². The summed E-state index contributed by atoms with van der Waals surface area (Å²) in [6.07, 6.45) is 10.2. The first-order valence-electron chi connectivity index (χ1n) is 4.45. The van der Waals surface area contributed by atoms with Crippen LogP contribution in [0.3, 0.4) is 0 Å². The minimum absolute atomic E-state index is 0. The summed E-state index contributed by atoms with van der Waals surface area (Å²) in [5, 5.41) is 0. The molecule has 0 radical (unpaired) electrons. The molecule has 5 heteroatoms. The van der Waals surface area contributed by atoms with Gasteiger partial charge in [0.05, 0.1) is 0 Å². The molecule has 0 saturated carbocycles. The molecule has 1 aliphatic carbocycles. The van der Waals surface area contributed by atoms with E-state index in [-0.39, 0.29) is 85.1 Å². The fourth-order valence-corrected chi connectivity index (χ4v) is 3.50. The van der Waals surface area contributed by atoms with E-state index in [9.17, 15) is 0 Å². The van der Waals surface area contributed by atoms with Gasteiger partial charge in [-0.1, -0.05) is 13.8 Å². The van der Waals surface area contributed by atoms with E-state index >= 15 is 0 Å². The second-order valence-electron chi connectivity index (χ2n) is 4.32. The van der Waals surface area contributed by atoms with Crippen molar-refractivity contribution in [3.63, 3.8) is 0 Å². The maximum atomic E-state index is 3.42. The van der Waals surface area contributed by atoms with Crippen molar-refractivity contribution >= 4 is 58.9 Å². The number of hydrogen-bond donors (Lipinski definition) is 0. The van der Waals surface area contributed by atoms with Crippen molar-refractivity contribution in [1.29, 1.82) is 0 Å². The Kier molecular flexibility index (Phi) is 20.5. The largest absolute Gasteiger partial charge is 0.269 e. The standard InChI is InChI=1S/C11H18P.3BrH.Zr/c1-11(2,9-12(3)4)10-7-5-6-8-10;;;;/h5,7H,6,9H2,1-4H3;3*1H;/q-1;;;;. The number of hydrogen-bond acceptors (Lipinski definition) is 0. The Labute approximate surface area is 152 Å². The van der Waals surface area contributed by atoms with Gasteiger partial charge in [-0.3, -0.25) is 6.08 Å². The van der Waals surface area contributed by atoms with E-state index < -0.39 is 0 Å². The minimum Gasteiger partial charge on any atom is -0.269 e. The molecule has 0 heterocycles. The second kappa shape index (κ2) is 12.3. The van der Waals surface area contributed by atoms with Crippen molar-refractivity contribution in [2.75, 3.05) is 19.5 Å². The van der Waals surface area contributed by atoms with Crippen LogP contribution in [0.25, 0.3) is 0 Å². The third-order valence-electron chi connectivity index (χ3n) is 2.14. The molecular weight excluding hydrogens is 494 g/mol. The summed E-state index contributed by atoms with van der Waals surface area (Å²) in [4.78, 5) is 0. The SMILES string of the molecule is Br.Br.Br.CP(C)CC(C)(C)C1=[C-]CC=C1.[Zr]. The van der Waals surface area contributed by atoms with Gasteiger partial charge in [-0.15, -0.1) is 65.3 Å². The van der Waals surface area contributed by atoms with Gasteiger partial charge in [0.2, 0.25) is 0 Å². The Morgan fingerprint density at radius 1 is 1.25 bits per heavy atom. The van der Waals surface area contributed by atoms with E-state index in [0.717, 1.165) is 6.42 Å². The molecule has 0 bridgehead atoms. The van der Waals surface area contributed by atoms with E-state index in [1.165, 1.54) is 11.7 Å². The second-order valence-corrected chi connectivity index (χ2v) is 6.79. The Balaban J connectivity index is -0.000000180. The van der Waals surface area contributed by atoms with Crippen LogP contribution in [0.1, 0.15) is 20.3 Å². The van der Waals surface area contributed by atoms with E-state index in [4.69, 9.17) is 0 Å². The third kappa shape index (κ3) is 9.20. The molecule has 0 aliphatic heterocycles. The average molecular weight is 515 g/mol. The van der Waals surface area contributed by atoms with Crippen LogP contribution < -0.4 is 0 Å². The van der Waals surface area contributed by atoms with Gasteiger partial charge >= 0.3 is 0 Å². The summed E-state index contributed by atoms with van der Waals surface area (Å²) in [7, 11) is 0.201. The summed E-state index contributed by atoms with van der Waals surface area (Å²) in [6, 6.07) is 0. The van der Waals surface area contributed by atoms with Gasteiger partial charge in [0.25, 0.3) is 0 Å². The fraction of sp³-hybridized carbons (Fsp3) is 0.636.